The number of carbonyl (C=O) groups excluding carboxylic acids is 1. The van der Waals surface area contributed by atoms with Crippen LogP contribution in [0.5, 0.6) is 5.75 Å². The molecule has 0 spiro atoms. The van der Waals surface area contributed by atoms with Gasteiger partial charge in [0.2, 0.25) is 11.8 Å². The van der Waals surface area contributed by atoms with E-state index < -0.39 is 5.92 Å². The van der Waals surface area contributed by atoms with E-state index >= 15 is 0 Å². The van der Waals surface area contributed by atoms with Crippen molar-refractivity contribution in [3.63, 3.8) is 0 Å². The van der Waals surface area contributed by atoms with Crippen LogP contribution in [0.4, 0.5) is 5.69 Å². The number of rotatable bonds is 11. The van der Waals surface area contributed by atoms with Crippen LogP contribution >= 0.6 is 11.6 Å². The largest absolute Gasteiger partial charge is 0.491 e. The van der Waals surface area contributed by atoms with Gasteiger partial charge in [0.1, 0.15) is 17.2 Å². The second-order valence-corrected chi connectivity index (χ2v) is 7.92. The maximum Gasteiger partial charge on any atom is 0.236 e. The Kier molecular flexibility index (Phi) is 8.14. The lowest BCUT2D eigenvalue weighted by Gasteiger charge is -2.14. The first-order chi connectivity index (χ1) is 14.6. The van der Waals surface area contributed by atoms with Crippen LogP contribution in [-0.4, -0.2) is 17.5 Å². The van der Waals surface area contributed by atoms with Gasteiger partial charge in [-0.15, -0.1) is 0 Å². The molecule has 2 aromatic carbocycles. The quantitative estimate of drug-likeness (QED) is 0.335. The molecule has 0 aliphatic rings. The zero-order valence-corrected chi connectivity index (χ0v) is 18.4. The maximum absolute atomic E-state index is 12.8. The van der Waals surface area contributed by atoms with Crippen LogP contribution in [0.25, 0.3) is 11.1 Å². The molecule has 0 saturated carbocycles. The van der Waals surface area contributed by atoms with E-state index in [4.69, 9.17) is 20.8 Å². The van der Waals surface area contributed by atoms with Crippen molar-refractivity contribution in [2.75, 3.05) is 11.9 Å². The van der Waals surface area contributed by atoms with Gasteiger partial charge in [0.05, 0.1) is 12.3 Å². The number of ether oxygens (including phenoxy) is 1. The molecule has 0 fully saturated rings. The topological polar surface area (TPSA) is 64.4 Å². The molecule has 3 rings (SSSR count). The molecule has 3 aromatic rings. The van der Waals surface area contributed by atoms with Crippen molar-refractivity contribution in [3.8, 4) is 5.75 Å². The molecule has 30 heavy (non-hydrogen) atoms. The maximum atomic E-state index is 12.8. The summed E-state index contributed by atoms with van der Waals surface area (Å²) in [5.41, 5.74) is 1.90. The van der Waals surface area contributed by atoms with E-state index in [1.165, 1.54) is 25.7 Å². The molecule has 0 aliphatic heterocycles. The van der Waals surface area contributed by atoms with Gasteiger partial charge in [0.15, 0.2) is 5.58 Å². The summed E-state index contributed by atoms with van der Waals surface area (Å²) in [5.74, 6) is 0.275. The molecule has 0 aliphatic carbocycles. The monoisotopic (exact) mass is 428 g/mol. The number of benzene rings is 2. The second kappa shape index (κ2) is 11.0. The van der Waals surface area contributed by atoms with Gasteiger partial charge >= 0.3 is 0 Å². The minimum Gasteiger partial charge on any atom is -0.491 e. The number of unbranched alkanes of at least 4 members (excludes halogenated alkanes) is 5. The molecule has 1 amide bonds. The lowest BCUT2D eigenvalue weighted by molar-refractivity contribution is -0.117. The fourth-order valence-corrected chi connectivity index (χ4v) is 3.38. The summed E-state index contributed by atoms with van der Waals surface area (Å²) in [6, 6.07) is 12.7. The van der Waals surface area contributed by atoms with Gasteiger partial charge in [-0.3, -0.25) is 4.79 Å². The zero-order chi connectivity index (χ0) is 21.3. The molecular weight excluding hydrogens is 400 g/mol. The van der Waals surface area contributed by atoms with Gasteiger partial charge in [-0.05, 0) is 43.7 Å². The van der Waals surface area contributed by atoms with E-state index in [-0.39, 0.29) is 5.91 Å². The van der Waals surface area contributed by atoms with Crippen molar-refractivity contribution >= 4 is 34.3 Å². The standard InChI is InChI=1S/C24H29ClN2O3/c1-3-4-5-6-7-10-15-29-21-12-9-8-11-19(21)26-23(28)17(2)24-27-20-16-18(25)13-14-22(20)30-24/h8-9,11-14,16-17H,3-7,10,15H2,1-2H3,(H,26,28). The van der Waals surface area contributed by atoms with Crippen LogP contribution in [0.1, 0.15) is 64.2 Å². The summed E-state index contributed by atoms with van der Waals surface area (Å²) in [5, 5.41) is 3.52. The summed E-state index contributed by atoms with van der Waals surface area (Å²) >= 11 is 6.00. The molecule has 1 aromatic heterocycles. The van der Waals surface area contributed by atoms with Crippen molar-refractivity contribution in [2.45, 2.75) is 58.3 Å². The number of para-hydroxylation sites is 2. The first-order valence-electron chi connectivity index (χ1n) is 10.7. The average Bonchev–Trinajstić information content (AvgIpc) is 3.16. The summed E-state index contributed by atoms with van der Waals surface area (Å²) in [6.45, 7) is 4.62. The van der Waals surface area contributed by atoms with E-state index in [9.17, 15) is 4.79 Å². The SMILES string of the molecule is CCCCCCCCOc1ccccc1NC(=O)C(C)c1nc2cc(Cl)ccc2o1. The second-order valence-electron chi connectivity index (χ2n) is 7.49. The van der Waals surface area contributed by atoms with Crippen molar-refractivity contribution in [3.05, 3.63) is 53.4 Å². The smallest absolute Gasteiger partial charge is 0.236 e. The fourth-order valence-electron chi connectivity index (χ4n) is 3.22. The molecule has 5 nitrogen and oxygen atoms in total. The number of nitrogens with one attached hydrogen (secondary N) is 1. The van der Waals surface area contributed by atoms with Crippen LogP contribution in [-0.2, 0) is 4.79 Å². The number of amides is 1. The Labute approximate surface area is 182 Å². The molecule has 1 heterocycles. The predicted molar refractivity (Wildman–Crippen MR) is 121 cm³/mol. The Morgan fingerprint density at radius 2 is 1.90 bits per heavy atom. The molecule has 0 bridgehead atoms. The van der Waals surface area contributed by atoms with Crippen LogP contribution in [0, 0.1) is 0 Å². The van der Waals surface area contributed by atoms with Crippen molar-refractivity contribution in [1.29, 1.82) is 0 Å². The molecular formula is C24H29ClN2O3. The number of hydrogen-bond donors (Lipinski definition) is 1. The van der Waals surface area contributed by atoms with E-state index in [0.717, 1.165) is 12.8 Å². The molecule has 160 valence electrons. The highest BCUT2D eigenvalue weighted by Gasteiger charge is 2.22. The third kappa shape index (κ3) is 5.99. The number of hydrogen-bond acceptors (Lipinski definition) is 4. The minimum atomic E-state index is -0.553. The van der Waals surface area contributed by atoms with Gasteiger partial charge in [-0.1, -0.05) is 62.8 Å². The van der Waals surface area contributed by atoms with Crippen molar-refractivity contribution in [1.82, 2.24) is 4.98 Å². The average molecular weight is 429 g/mol. The summed E-state index contributed by atoms with van der Waals surface area (Å²) in [4.78, 5) is 17.2. The van der Waals surface area contributed by atoms with Crippen LogP contribution in [0.15, 0.2) is 46.9 Å². The molecule has 0 saturated heterocycles. The molecule has 0 radical (unpaired) electrons. The normalized spacial score (nSPS) is 12.1. The zero-order valence-electron chi connectivity index (χ0n) is 17.6. The lowest BCUT2D eigenvalue weighted by Crippen LogP contribution is -2.19. The predicted octanol–water partition coefficient (Wildman–Crippen LogP) is 6.96. The third-order valence-electron chi connectivity index (χ3n) is 5.03. The van der Waals surface area contributed by atoms with E-state index in [2.05, 4.69) is 17.2 Å². The molecule has 6 heteroatoms. The van der Waals surface area contributed by atoms with Crippen LogP contribution in [0.3, 0.4) is 0 Å². The number of oxazole rings is 1. The van der Waals surface area contributed by atoms with Crippen LogP contribution in [0.2, 0.25) is 5.02 Å². The first-order valence-corrected chi connectivity index (χ1v) is 11.0. The van der Waals surface area contributed by atoms with Gasteiger partial charge < -0.3 is 14.5 Å². The van der Waals surface area contributed by atoms with Crippen molar-refractivity contribution in [2.24, 2.45) is 0 Å². The van der Waals surface area contributed by atoms with Gasteiger partial charge in [0, 0.05) is 5.02 Å². The van der Waals surface area contributed by atoms with Crippen LogP contribution < -0.4 is 10.1 Å². The Bertz CT molecular complexity index is 970. The number of carbonyl (C=O) groups is 1. The van der Waals surface area contributed by atoms with Gasteiger partial charge in [0.25, 0.3) is 0 Å². The van der Waals surface area contributed by atoms with E-state index in [1.807, 2.05) is 24.3 Å². The number of halogens is 1. The van der Waals surface area contributed by atoms with E-state index in [0.29, 0.717) is 40.1 Å². The number of anilines is 1. The van der Waals surface area contributed by atoms with E-state index in [1.54, 1.807) is 25.1 Å². The minimum absolute atomic E-state index is 0.205. The van der Waals surface area contributed by atoms with Crippen molar-refractivity contribution < 1.29 is 13.9 Å². The van der Waals surface area contributed by atoms with Gasteiger partial charge in [-0.25, -0.2) is 4.98 Å². The summed E-state index contributed by atoms with van der Waals surface area (Å²) in [7, 11) is 0. The summed E-state index contributed by atoms with van der Waals surface area (Å²) < 4.78 is 11.7. The highest BCUT2D eigenvalue weighted by molar-refractivity contribution is 6.31. The first kappa shape index (κ1) is 22.2. The Morgan fingerprint density at radius 1 is 1.13 bits per heavy atom. The molecule has 1 unspecified atom stereocenters. The third-order valence-corrected chi connectivity index (χ3v) is 5.27. The Morgan fingerprint density at radius 3 is 2.73 bits per heavy atom. The number of nitrogens with zero attached hydrogens (tertiary/aromatic N) is 1. The number of fused-ring (bicyclic) bond motifs is 1. The Hall–Kier alpha value is -2.53. The van der Waals surface area contributed by atoms with Gasteiger partial charge in [-0.2, -0.15) is 0 Å². The highest BCUT2D eigenvalue weighted by atomic mass is 35.5. The highest BCUT2D eigenvalue weighted by Crippen LogP contribution is 2.28. The molecule has 1 atom stereocenters. The summed E-state index contributed by atoms with van der Waals surface area (Å²) in [6.07, 6.45) is 7.23. The fraction of sp³-hybridized carbons (Fsp3) is 0.417. The lowest BCUT2D eigenvalue weighted by atomic mass is 10.1. The Balaban J connectivity index is 1.57. The number of aromatic nitrogens is 1. The molecule has 1 N–H and O–H groups in total.